The molecule has 0 spiro atoms. The summed E-state index contributed by atoms with van der Waals surface area (Å²) in [5.41, 5.74) is 5.64. The minimum atomic E-state index is -4.03. The summed E-state index contributed by atoms with van der Waals surface area (Å²) in [6.45, 7) is 1.44. The third-order valence-corrected chi connectivity index (χ3v) is 4.06. The molecule has 0 atom stereocenters. The lowest BCUT2D eigenvalue weighted by molar-refractivity contribution is 0.595. The van der Waals surface area contributed by atoms with Gasteiger partial charge in [0.25, 0.3) is 10.0 Å². The van der Waals surface area contributed by atoms with Crippen LogP contribution in [0.25, 0.3) is 0 Å². The van der Waals surface area contributed by atoms with E-state index in [1.807, 2.05) is 0 Å². The van der Waals surface area contributed by atoms with Gasteiger partial charge < -0.3 is 5.73 Å². The molecule has 3 N–H and O–H groups in total. The van der Waals surface area contributed by atoms with Gasteiger partial charge in [-0.1, -0.05) is 6.07 Å². The van der Waals surface area contributed by atoms with E-state index in [1.54, 1.807) is 0 Å². The predicted octanol–water partition coefficient (Wildman–Crippen LogP) is 2.66. The van der Waals surface area contributed by atoms with Crippen LogP contribution in [0.5, 0.6) is 0 Å². The monoisotopic (exact) mass is 298 g/mol. The van der Waals surface area contributed by atoms with E-state index < -0.39 is 21.7 Å². The first-order chi connectivity index (χ1) is 9.29. The fourth-order valence-corrected chi connectivity index (χ4v) is 2.85. The minimum Gasteiger partial charge on any atom is -0.399 e. The number of hydrogen-bond donors (Lipinski definition) is 2. The van der Waals surface area contributed by atoms with Crippen LogP contribution < -0.4 is 10.5 Å². The lowest BCUT2D eigenvalue weighted by Gasteiger charge is -2.11. The van der Waals surface area contributed by atoms with Crippen molar-refractivity contribution in [3.8, 4) is 0 Å². The van der Waals surface area contributed by atoms with Crippen LogP contribution >= 0.6 is 0 Å². The van der Waals surface area contributed by atoms with Crippen LogP contribution in [-0.4, -0.2) is 8.42 Å². The fraction of sp³-hybridized carbons (Fsp3) is 0.0769. The van der Waals surface area contributed by atoms with E-state index in [9.17, 15) is 17.2 Å². The molecule has 0 heterocycles. The van der Waals surface area contributed by atoms with Crippen molar-refractivity contribution < 1.29 is 17.2 Å². The zero-order valence-electron chi connectivity index (χ0n) is 10.5. The molecular weight excluding hydrogens is 286 g/mol. The molecule has 0 bridgehead atoms. The van der Waals surface area contributed by atoms with Gasteiger partial charge in [-0.3, -0.25) is 4.72 Å². The number of rotatable bonds is 3. The second kappa shape index (κ2) is 5.09. The van der Waals surface area contributed by atoms with E-state index in [1.165, 1.54) is 25.1 Å². The van der Waals surface area contributed by atoms with Crippen molar-refractivity contribution in [2.75, 3.05) is 10.5 Å². The average Bonchev–Trinajstić information content (AvgIpc) is 2.33. The first-order valence-corrected chi connectivity index (χ1v) is 7.12. The molecule has 2 rings (SSSR count). The Kier molecular flexibility index (Phi) is 3.63. The molecule has 20 heavy (non-hydrogen) atoms. The van der Waals surface area contributed by atoms with E-state index in [0.29, 0.717) is 0 Å². The summed E-state index contributed by atoms with van der Waals surface area (Å²) in [5, 5.41) is 0. The summed E-state index contributed by atoms with van der Waals surface area (Å²) in [5.74, 6) is -1.30. The first-order valence-electron chi connectivity index (χ1n) is 5.63. The Balaban J connectivity index is 2.43. The molecule has 0 saturated heterocycles. The van der Waals surface area contributed by atoms with Crippen LogP contribution in [-0.2, 0) is 10.0 Å². The van der Waals surface area contributed by atoms with Crippen molar-refractivity contribution in [3.63, 3.8) is 0 Å². The number of sulfonamides is 1. The van der Waals surface area contributed by atoms with Gasteiger partial charge in [-0.05, 0) is 37.3 Å². The van der Waals surface area contributed by atoms with Crippen molar-refractivity contribution in [3.05, 3.63) is 53.6 Å². The average molecular weight is 298 g/mol. The van der Waals surface area contributed by atoms with E-state index in [2.05, 4.69) is 4.72 Å². The molecule has 4 nitrogen and oxygen atoms in total. The molecule has 0 aromatic heterocycles. The van der Waals surface area contributed by atoms with Gasteiger partial charge in [0, 0.05) is 11.3 Å². The lowest BCUT2D eigenvalue weighted by atomic mass is 10.2. The topological polar surface area (TPSA) is 72.2 Å². The number of hydrogen-bond acceptors (Lipinski definition) is 3. The largest absolute Gasteiger partial charge is 0.399 e. The standard InChI is InChI=1S/C13H12F2N2O2S/c1-8-12(15)3-2-4-13(8)17-20(18,19)11-6-9(14)5-10(16)7-11/h2-7,17H,16H2,1H3. The molecule has 0 aliphatic carbocycles. The maximum absolute atomic E-state index is 13.4. The smallest absolute Gasteiger partial charge is 0.262 e. The molecule has 0 fully saturated rings. The third-order valence-electron chi connectivity index (χ3n) is 2.72. The van der Waals surface area contributed by atoms with Crippen LogP contribution in [0.1, 0.15) is 5.56 Å². The molecule has 0 aliphatic heterocycles. The maximum Gasteiger partial charge on any atom is 0.262 e. The molecule has 2 aromatic rings. The van der Waals surface area contributed by atoms with Crippen LogP contribution in [0.4, 0.5) is 20.2 Å². The van der Waals surface area contributed by atoms with Gasteiger partial charge in [-0.2, -0.15) is 0 Å². The molecule has 0 saturated carbocycles. The SMILES string of the molecule is Cc1c(F)cccc1NS(=O)(=O)c1cc(N)cc(F)c1. The number of anilines is 2. The Morgan fingerprint density at radius 2 is 1.85 bits per heavy atom. The Morgan fingerprint density at radius 1 is 1.15 bits per heavy atom. The fourth-order valence-electron chi connectivity index (χ4n) is 1.66. The molecule has 0 radical (unpaired) electrons. The van der Waals surface area contributed by atoms with E-state index in [4.69, 9.17) is 5.73 Å². The number of nitrogens with one attached hydrogen (secondary N) is 1. The van der Waals surface area contributed by atoms with Crippen molar-refractivity contribution in [2.24, 2.45) is 0 Å². The summed E-state index contributed by atoms with van der Waals surface area (Å²) in [7, 11) is -4.03. The second-order valence-corrected chi connectivity index (χ2v) is 5.92. The number of halogens is 2. The molecule has 0 aliphatic rings. The van der Waals surface area contributed by atoms with Crippen LogP contribution in [0, 0.1) is 18.6 Å². The van der Waals surface area contributed by atoms with Gasteiger partial charge in [0.15, 0.2) is 0 Å². The van der Waals surface area contributed by atoms with Gasteiger partial charge in [-0.15, -0.1) is 0 Å². The van der Waals surface area contributed by atoms with E-state index in [-0.39, 0.29) is 21.8 Å². The predicted molar refractivity (Wildman–Crippen MR) is 72.8 cm³/mol. The van der Waals surface area contributed by atoms with Crippen LogP contribution in [0.3, 0.4) is 0 Å². The van der Waals surface area contributed by atoms with Gasteiger partial charge in [-0.25, -0.2) is 17.2 Å². The quantitative estimate of drug-likeness (QED) is 0.856. The van der Waals surface area contributed by atoms with Crippen LogP contribution in [0.2, 0.25) is 0 Å². The summed E-state index contributed by atoms with van der Waals surface area (Å²) in [4.78, 5) is -0.321. The Morgan fingerprint density at radius 3 is 2.50 bits per heavy atom. The summed E-state index contributed by atoms with van der Waals surface area (Å²) < 4.78 is 53.0. The highest BCUT2D eigenvalue weighted by molar-refractivity contribution is 7.92. The molecule has 0 amide bonds. The Labute approximate surface area is 115 Å². The molecule has 2 aromatic carbocycles. The van der Waals surface area contributed by atoms with E-state index in [0.717, 1.165) is 18.2 Å². The highest BCUT2D eigenvalue weighted by Crippen LogP contribution is 2.23. The van der Waals surface area contributed by atoms with E-state index >= 15 is 0 Å². The zero-order chi connectivity index (χ0) is 14.9. The maximum atomic E-state index is 13.4. The third kappa shape index (κ3) is 2.88. The normalized spacial score (nSPS) is 11.3. The van der Waals surface area contributed by atoms with Crippen molar-refractivity contribution in [1.29, 1.82) is 0 Å². The summed E-state index contributed by atoms with van der Waals surface area (Å²) in [6, 6.07) is 6.98. The molecule has 7 heteroatoms. The van der Waals surface area contributed by atoms with Gasteiger partial charge in [0.1, 0.15) is 11.6 Å². The summed E-state index contributed by atoms with van der Waals surface area (Å²) >= 11 is 0. The highest BCUT2D eigenvalue weighted by Gasteiger charge is 2.17. The Bertz CT molecular complexity index is 741. The van der Waals surface area contributed by atoms with Gasteiger partial charge in [0.05, 0.1) is 10.6 Å². The van der Waals surface area contributed by atoms with Gasteiger partial charge in [0.2, 0.25) is 0 Å². The first kappa shape index (κ1) is 14.3. The van der Waals surface area contributed by atoms with Crippen molar-refractivity contribution >= 4 is 21.4 Å². The minimum absolute atomic E-state index is 0.0126. The zero-order valence-corrected chi connectivity index (χ0v) is 11.3. The second-order valence-electron chi connectivity index (χ2n) is 4.24. The summed E-state index contributed by atoms with van der Waals surface area (Å²) in [6.07, 6.45) is 0. The lowest BCUT2D eigenvalue weighted by Crippen LogP contribution is -2.14. The van der Waals surface area contributed by atoms with Crippen molar-refractivity contribution in [1.82, 2.24) is 0 Å². The van der Waals surface area contributed by atoms with Crippen LogP contribution in [0.15, 0.2) is 41.3 Å². The molecule has 0 unspecified atom stereocenters. The van der Waals surface area contributed by atoms with Gasteiger partial charge >= 0.3 is 0 Å². The molecule has 106 valence electrons. The molecular formula is C13H12F2N2O2S. The number of nitrogen functional groups attached to an aromatic ring is 1. The Hall–Kier alpha value is -2.15. The number of nitrogens with two attached hydrogens (primary N) is 1. The van der Waals surface area contributed by atoms with Crippen molar-refractivity contribution in [2.45, 2.75) is 11.8 Å². The number of benzene rings is 2. The highest BCUT2D eigenvalue weighted by atomic mass is 32.2.